The Morgan fingerprint density at radius 1 is 0.540 bits per heavy atom. The summed E-state index contributed by atoms with van der Waals surface area (Å²) < 4.78 is 126. The summed E-state index contributed by atoms with van der Waals surface area (Å²) in [5.41, 5.74) is 2.59. The Kier molecular flexibility index (Phi) is 45.7. The third kappa shape index (κ3) is 36.8. The van der Waals surface area contributed by atoms with Gasteiger partial charge in [-0.3, -0.25) is 37.2 Å². The van der Waals surface area contributed by atoms with E-state index in [0.29, 0.717) is 50.6 Å². The van der Waals surface area contributed by atoms with Gasteiger partial charge in [0.2, 0.25) is 14.7 Å². The van der Waals surface area contributed by atoms with Gasteiger partial charge in [-0.15, -0.1) is 4.52 Å². The van der Waals surface area contributed by atoms with E-state index >= 15 is 0 Å². The van der Waals surface area contributed by atoms with Gasteiger partial charge in [-0.2, -0.15) is 0 Å². The molecule has 1 N–H and O–H groups in total. The van der Waals surface area contributed by atoms with Gasteiger partial charge in [0.05, 0.1) is 72.3 Å². The Bertz CT molecular complexity index is 2600. The first-order chi connectivity index (χ1) is 40.0. The Morgan fingerprint density at radius 2 is 0.851 bits per heavy atom. The number of Topliss-reactive ketones (excluding diaryl/α,β-unsaturated/α-hetero) is 1. The number of benzene rings is 3. The molecule has 0 bridgehead atoms. The van der Waals surface area contributed by atoms with E-state index in [-0.39, 0.29) is 130 Å². The number of ketones is 1. The van der Waals surface area contributed by atoms with Crippen LogP contribution in [0.1, 0.15) is 161 Å². The van der Waals surface area contributed by atoms with Gasteiger partial charge in [0.15, 0.2) is 0 Å². The number of rotatable bonds is 27. The van der Waals surface area contributed by atoms with Crippen LogP contribution in [0.15, 0.2) is 72.8 Å². The fraction of sp³-hybridized carbons (Fsp3) is 0.644. The molecule has 3 atom stereocenters. The van der Waals surface area contributed by atoms with Crippen molar-refractivity contribution in [3.05, 3.63) is 89.5 Å². The topological polar surface area (TPSA) is 275 Å². The predicted molar refractivity (Wildman–Crippen MR) is 344 cm³/mol. The molecule has 1 radical (unpaired) electrons. The van der Waals surface area contributed by atoms with E-state index in [9.17, 15) is 46.9 Å². The molecule has 2 heterocycles. The number of para-hydroxylation sites is 3. The fourth-order valence-corrected chi connectivity index (χ4v) is 21.4. The average Bonchev–Trinajstić information content (AvgIpc) is 2.18. The van der Waals surface area contributed by atoms with Crippen LogP contribution < -0.4 is 9.47 Å². The van der Waals surface area contributed by atoms with Gasteiger partial charge in [0.1, 0.15) is 34.8 Å². The summed E-state index contributed by atoms with van der Waals surface area (Å²) in [7, 11) is -17.5. The van der Waals surface area contributed by atoms with E-state index in [1.807, 2.05) is 88.4 Å². The number of aromatic hydroxyl groups is 1. The first kappa shape index (κ1) is 89.3. The van der Waals surface area contributed by atoms with Gasteiger partial charge in [-0.05, 0) is 97.6 Å². The predicted octanol–water partition coefficient (Wildman–Crippen LogP) is 17.5. The molecule has 0 aromatic heterocycles. The molecule has 28 heteroatoms. The van der Waals surface area contributed by atoms with Crippen molar-refractivity contribution in [2.45, 2.75) is 160 Å². The van der Waals surface area contributed by atoms with E-state index in [2.05, 4.69) is 27.7 Å². The van der Waals surface area contributed by atoms with Crippen LogP contribution in [0.4, 0.5) is 0 Å². The van der Waals surface area contributed by atoms with E-state index in [1.165, 1.54) is 13.3 Å². The second-order valence-electron chi connectivity index (χ2n) is 20.7. The van der Waals surface area contributed by atoms with E-state index < -0.39 is 45.6 Å². The van der Waals surface area contributed by atoms with E-state index in [0.717, 1.165) is 16.7 Å². The van der Waals surface area contributed by atoms with Crippen LogP contribution in [-0.4, -0.2) is 113 Å². The van der Waals surface area contributed by atoms with Crippen molar-refractivity contribution in [3.8, 4) is 17.2 Å². The molecular weight excluding hydrogens is 1320 g/mol. The van der Waals surface area contributed by atoms with Crippen molar-refractivity contribution >= 4 is 63.3 Å². The van der Waals surface area contributed by atoms with Crippen LogP contribution in [-0.2, 0) is 131 Å². The summed E-state index contributed by atoms with van der Waals surface area (Å²) in [6, 6.07) is 22.6. The zero-order chi connectivity index (χ0) is 66.6. The van der Waals surface area contributed by atoms with Crippen LogP contribution >= 0.6 is 45.6 Å². The molecule has 0 fully saturated rings. The number of fused-ring (bicyclic) bond motifs is 2. The Balaban J connectivity index is -0.000000965. The van der Waals surface area contributed by atoms with Gasteiger partial charge in [-0.1, -0.05) is 110 Å². The van der Waals surface area contributed by atoms with Crippen LogP contribution in [0, 0.1) is 0 Å². The van der Waals surface area contributed by atoms with Gasteiger partial charge < -0.3 is 50.8 Å². The average molecular weight is 1420 g/mol. The Labute approximate surface area is 546 Å². The van der Waals surface area contributed by atoms with Gasteiger partial charge >= 0.3 is 42.8 Å². The number of carbonyl (C=O) groups is 3. The monoisotopic (exact) mass is 1420 g/mol. The van der Waals surface area contributed by atoms with Gasteiger partial charge in [0, 0.05) is 79.8 Å². The Morgan fingerprint density at radius 3 is 1.16 bits per heavy atom. The molecule has 0 amide bonds. The maximum absolute atomic E-state index is 12.0. The molecule has 2 aliphatic rings. The maximum atomic E-state index is 12.0. The summed E-state index contributed by atoms with van der Waals surface area (Å²) in [4.78, 5) is 33.5. The quantitative estimate of drug-likeness (QED) is 0.0422. The number of ether oxygens (including phenoxy) is 2. The second kappa shape index (κ2) is 44.6. The first-order valence-electron chi connectivity index (χ1n) is 29.0. The van der Waals surface area contributed by atoms with Crippen molar-refractivity contribution in [2.75, 3.05) is 90.5 Å². The normalized spacial score (nSPS) is 15.3. The number of hydrogen-bond acceptors (Lipinski definition) is 21. The molecule has 0 spiro atoms. The molecule has 3 unspecified atom stereocenters. The zero-order valence-electron chi connectivity index (χ0n) is 55.4. The third-order valence-electron chi connectivity index (χ3n) is 11.4. The molecule has 0 saturated carbocycles. The molecule has 2 aliphatic heterocycles. The maximum Gasteiger partial charge on any atom is 0.521 e. The summed E-state index contributed by atoms with van der Waals surface area (Å²) in [6.45, 7) is 38.7. The minimum Gasteiger partial charge on any atom is -0.508 e. The smallest absolute Gasteiger partial charge is 0.508 e. The molecule has 0 saturated heterocycles. The Hall–Kier alpha value is -1.94. The largest absolute Gasteiger partial charge is 0.521 e. The molecule has 5 rings (SSSR count). The van der Waals surface area contributed by atoms with Gasteiger partial charge in [-0.25, -0.2) is 0 Å². The molecular formula is C59H103O21P6Y+. The first-order valence-corrected chi connectivity index (χ1v) is 40.1. The summed E-state index contributed by atoms with van der Waals surface area (Å²) in [5.74, 6) is 1.07. The molecule has 497 valence electrons. The van der Waals surface area contributed by atoms with Crippen LogP contribution in [0.2, 0.25) is 0 Å². The van der Waals surface area contributed by atoms with Crippen molar-refractivity contribution < 1.29 is 130 Å². The second-order valence-corrected chi connectivity index (χ2v) is 34.8. The summed E-state index contributed by atoms with van der Waals surface area (Å²) >= 11 is 0. The van der Waals surface area contributed by atoms with Crippen molar-refractivity contribution in [1.29, 1.82) is 0 Å². The number of carbonyl (C=O) groups excluding carboxylic acids is 3. The number of phenolic OH excluding ortho intramolecular Hbond substituents is 1. The molecule has 21 nitrogen and oxygen atoms in total. The number of esters is 2. The number of phenols is 1. The number of hydrogen-bond donors (Lipinski definition) is 1. The van der Waals surface area contributed by atoms with Crippen LogP contribution in [0.25, 0.3) is 0 Å². The van der Waals surface area contributed by atoms with Crippen LogP contribution in [0.3, 0.4) is 0 Å². The van der Waals surface area contributed by atoms with Crippen molar-refractivity contribution in [1.82, 2.24) is 0 Å². The standard InChI is InChI=1S/C12H16O2.2C11H12O2.2C8H20O5P2.C7H17O5P2.C2H6.Y/c1-9(13)8-12(2,3)10-6-4-5-7-11(10)14;2*1-11(2)7-10(12)13-9-6-4-3-5-8(9)11;2*1-5-11-14(4,9)8-15(10,12-6-2)13-7-3;1-4-10-13(8)7-14(9,11-5-2)12-6-3;1-2;/h4-7,14H,8H2,1-3H3;2*3-6H,7H2,1-2H3;2*5-8H2,1-4H3;4-7H2,1-3H3;1-2H3;/q;;;;;+1;;. The fourth-order valence-electron chi connectivity index (χ4n) is 8.34. The molecule has 0 aliphatic carbocycles. The minimum absolute atomic E-state index is 0. The van der Waals surface area contributed by atoms with Crippen molar-refractivity contribution in [3.63, 3.8) is 0 Å². The molecule has 87 heavy (non-hydrogen) atoms. The SMILES string of the molecule is CC.CC(=O)CC(C)(C)c1ccccc1O.CC1(C)CC(=O)Oc2ccccc21.CC1(C)CC(=O)Oc2ccccc21.CCOP(C)(=O)CP(=O)(OCC)OCC.CCOP(C)(=O)CP(=O)(OCC)OCC.CCO[P+](=O)CP(=O)(OCC)OCC.[Y]. The zero-order valence-corrected chi connectivity index (χ0v) is 63.6. The van der Waals surface area contributed by atoms with E-state index in [4.69, 9.17) is 50.2 Å². The van der Waals surface area contributed by atoms with E-state index in [1.54, 1.807) is 81.4 Å². The van der Waals surface area contributed by atoms with Crippen LogP contribution in [0.5, 0.6) is 17.2 Å². The van der Waals surface area contributed by atoms with Gasteiger partial charge in [0.25, 0.3) is 5.90 Å². The third-order valence-corrected chi connectivity index (χ3v) is 26.6. The summed E-state index contributed by atoms with van der Waals surface area (Å²) in [6.07, 6.45) is 1.37. The van der Waals surface area contributed by atoms with Crippen molar-refractivity contribution in [2.24, 2.45) is 0 Å². The molecule has 3 aromatic carbocycles. The minimum atomic E-state index is -3.26. The molecule has 3 aromatic rings. The summed E-state index contributed by atoms with van der Waals surface area (Å²) in [5, 5.41) is 9.65.